The van der Waals surface area contributed by atoms with Gasteiger partial charge in [0.05, 0.1) is 29.9 Å². The minimum Gasteiger partial charge on any atom is -0.495 e. The van der Waals surface area contributed by atoms with E-state index in [1.54, 1.807) is 50.4 Å². The number of methoxy groups -OCH3 is 1. The van der Waals surface area contributed by atoms with E-state index in [9.17, 15) is 18.6 Å². The van der Waals surface area contributed by atoms with Crippen LogP contribution in [0.4, 0.5) is 0 Å². The number of aromatic nitrogens is 3. The van der Waals surface area contributed by atoms with Gasteiger partial charge in [0.2, 0.25) is 4.96 Å². The summed E-state index contributed by atoms with van der Waals surface area (Å²) in [5.74, 6) is 0.0276. The van der Waals surface area contributed by atoms with Crippen LogP contribution in [0.3, 0.4) is 0 Å². The Morgan fingerprint density at radius 2 is 1.87 bits per heavy atom. The number of sulfone groups is 1. The van der Waals surface area contributed by atoms with Crippen LogP contribution in [0.25, 0.3) is 16.2 Å². The van der Waals surface area contributed by atoms with Crippen molar-refractivity contribution < 1.29 is 23.4 Å². The third-order valence-corrected chi connectivity index (χ3v) is 7.61. The second-order valence-electron chi connectivity index (χ2n) is 8.45. The molecule has 2 aromatic heterocycles. The summed E-state index contributed by atoms with van der Waals surface area (Å²) >= 11 is 1.28. The van der Waals surface area contributed by atoms with Crippen LogP contribution in [-0.4, -0.2) is 51.7 Å². The normalized spacial score (nSPS) is 13.2. The maximum absolute atomic E-state index is 13.0. The third kappa shape index (κ3) is 4.51. The summed E-state index contributed by atoms with van der Waals surface area (Å²) in [6, 6.07) is 4.92. The van der Waals surface area contributed by atoms with Crippen molar-refractivity contribution in [1.82, 2.24) is 14.6 Å². The molecule has 30 heavy (non-hydrogen) atoms. The van der Waals surface area contributed by atoms with Gasteiger partial charge >= 0.3 is 0 Å². The first-order chi connectivity index (χ1) is 13.7. The van der Waals surface area contributed by atoms with E-state index in [2.05, 4.69) is 10.1 Å². The summed E-state index contributed by atoms with van der Waals surface area (Å²) in [5, 5.41) is 25.2. The molecule has 0 aliphatic carbocycles. The average molecular weight is 454 g/mol. The third-order valence-electron chi connectivity index (χ3n) is 4.66. The summed E-state index contributed by atoms with van der Waals surface area (Å²) in [6.45, 7) is 8.28. The van der Waals surface area contributed by atoms with E-state index in [4.69, 9.17) is 4.74 Å². The molecule has 10 heteroatoms. The summed E-state index contributed by atoms with van der Waals surface area (Å²) in [7, 11) is -2.29. The molecule has 0 atom stereocenters. The Kier molecular flexibility index (Phi) is 5.74. The molecule has 0 saturated heterocycles. The molecule has 0 bridgehead atoms. The molecule has 3 rings (SSSR count). The molecule has 0 fully saturated rings. The van der Waals surface area contributed by atoms with Crippen LogP contribution in [0.5, 0.6) is 5.75 Å². The van der Waals surface area contributed by atoms with Gasteiger partial charge in [-0.25, -0.2) is 17.9 Å². The molecule has 8 nitrogen and oxygen atoms in total. The molecule has 0 amide bonds. The van der Waals surface area contributed by atoms with Crippen molar-refractivity contribution in [3.63, 3.8) is 0 Å². The summed E-state index contributed by atoms with van der Waals surface area (Å²) in [4.78, 5) is 5.19. The van der Waals surface area contributed by atoms with E-state index in [1.165, 1.54) is 18.4 Å². The highest BCUT2D eigenvalue weighted by atomic mass is 32.2. The molecule has 1 aromatic carbocycles. The van der Waals surface area contributed by atoms with Gasteiger partial charge in [0.25, 0.3) is 0 Å². The van der Waals surface area contributed by atoms with Gasteiger partial charge in [0.1, 0.15) is 21.3 Å². The number of aryl methyl sites for hydroxylation is 1. The molecule has 0 aliphatic rings. The topological polar surface area (TPSA) is 114 Å². The van der Waals surface area contributed by atoms with Gasteiger partial charge in [0.15, 0.2) is 9.84 Å². The Morgan fingerprint density at radius 1 is 1.20 bits per heavy atom. The van der Waals surface area contributed by atoms with Crippen molar-refractivity contribution in [2.75, 3.05) is 12.9 Å². The molecule has 0 unspecified atom stereocenters. The average Bonchev–Trinajstić information content (AvgIpc) is 3.15. The van der Waals surface area contributed by atoms with Crippen LogP contribution >= 0.6 is 11.3 Å². The second kappa shape index (κ2) is 7.60. The highest BCUT2D eigenvalue weighted by Crippen LogP contribution is 2.35. The number of aliphatic hydroxyl groups is 2. The molecule has 2 heterocycles. The Labute approximate surface area is 180 Å². The molecule has 3 aromatic rings. The van der Waals surface area contributed by atoms with Crippen molar-refractivity contribution in [3.05, 3.63) is 28.9 Å². The lowest BCUT2D eigenvalue weighted by Crippen LogP contribution is -2.23. The lowest BCUT2D eigenvalue weighted by molar-refractivity contribution is 0.0767. The predicted octanol–water partition coefficient (Wildman–Crippen LogP) is 2.94. The number of ether oxygens (including phenoxy) is 1. The number of benzene rings is 1. The van der Waals surface area contributed by atoms with Crippen LogP contribution in [0.15, 0.2) is 23.1 Å². The minimum atomic E-state index is -3.71. The molecular formula is C20H27N3O5S2. The maximum atomic E-state index is 13.0. The number of nitrogens with zero attached hydrogens (tertiary/aromatic N) is 3. The lowest BCUT2D eigenvalue weighted by atomic mass is 10.1. The van der Waals surface area contributed by atoms with Crippen LogP contribution < -0.4 is 4.74 Å². The maximum Gasteiger partial charge on any atom is 0.213 e. The number of hydrogen-bond acceptors (Lipinski definition) is 8. The van der Waals surface area contributed by atoms with Gasteiger partial charge in [-0.2, -0.15) is 5.10 Å². The van der Waals surface area contributed by atoms with E-state index < -0.39 is 21.0 Å². The molecule has 0 spiro atoms. The van der Waals surface area contributed by atoms with E-state index >= 15 is 0 Å². The van der Waals surface area contributed by atoms with Gasteiger partial charge in [-0.3, -0.25) is 0 Å². The number of imidazole rings is 1. The zero-order chi connectivity index (χ0) is 22.5. The van der Waals surface area contributed by atoms with Crippen molar-refractivity contribution in [3.8, 4) is 17.0 Å². The van der Waals surface area contributed by atoms with Gasteiger partial charge in [0, 0.05) is 5.56 Å². The smallest absolute Gasteiger partial charge is 0.213 e. The van der Waals surface area contributed by atoms with Crippen LogP contribution in [-0.2, 0) is 15.4 Å². The summed E-state index contributed by atoms with van der Waals surface area (Å²) < 4.78 is 32.9. The molecule has 164 valence electrons. The van der Waals surface area contributed by atoms with Gasteiger partial charge in [-0.1, -0.05) is 11.3 Å². The Hall–Kier alpha value is -2.01. The van der Waals surface area contributed by atoms with Crippen LogP contribution in [0.1, 0.15) is 44.8 Å². The minimum absolute atomic E-state index is 0.0547. The molecule has 0 radical (unpaired) electrons. The molecule has 2 N–H and O–H groups in total. The lowest BCUT2D eigenvalue weighted by Gasteiger charge is -2.18. The summed E-state index contributed by atoms with van der Waals surface area (Å²) in [6.07, 6.45) is 0.0969. The Bertz CT molecular complexity index is 1180. The zero-order valence-corrected chi connectivity index (χ0v) is 19.6. The SMILES string of the molecule is COc1ccc(-c2c(C)nc3sc(C(C)(C)O)nn23)cc1S(=O)(=O)CCC(C)(C)O. The highest BCUT2D eigenvalue weighted by molar-refractivity contribution is 7.91. The summed E-state index contributed by atoms with van der Waals surface area (Å²) in [5.41, 5.74) is -0.239. The standard InChI is InChI=1S/C20H27N3O5S2/c1-12-16(23-18(21-12)29-17(22-23)20(4,5)25)13-7-8-14(28-6)15(11-13)30(26,27)10-9-19(2,3)24/h7-8,11,24-25H,9-10H2,1-6H3. The number of fused-ring (bicyclic) bond motifs is 1. The first-order valence-electron chi connectivity index (χ1n) is 9.45. The fourth-order valence-corrected chi connectivity index (χ4v) is 5.69. The van der Waals surface area contributed by atoms with Gasteiger partial charge < -0.3 is 14.9 Å². The Balaban J connectivity index is 2.14. The van der Waals surface area contributed by atoms with Crippen LogP contribution in [0, 0.1) is 6.92 Å². The largest absolute Gasteiger partial charge is 0.495 e. The Morgan fingerprint density at radius 3 is 2.43 bits per heavy atom. The van der Waals surface area contributed by atoms with Crippen molar-refractivity contribution >= 4 is 26.1 Å². The highest BCUT2D eigenvalue weighted by Gasteiger charge is 2.27. The monoisotopic (exact) mass is 453 g/mol. The fourth-order valence-electron chi connectivity index (χ4n) is 2.99. The van der Waals surface area contributed by atoms with E-state index in [1.807, 2.05) is 6.92 Å². The van der Waals surface area contributed by atoms with Crippen LogP contribution in [0.2, 0.25) is 0 Å². The predicted molar refractivity (Wildman–Crippen MR) is 116 cm³/mol. The second-order valence-corrected chi connectivity index (χ2v) is 11.5. The number of hydrogen-bond donors (Lipinski definition) is 2. The molecule has 0 aliphatic heterocycles. The fraction of sp³-hybridized carbons (Fsp3) is 0.500. The quantitative estimate of drug-likeness (QED) is 0.565. The zero-order valence-electron chi connectivity index (χ0n) is 17.9. The van der Waals surface area contributed by atoms with E-state index in [0.717, 1.165) is 0 Å². The van der Waals surface area contributed by atoms with Gasteiger partial charge in [-0.15, -0.1) is 0 Å². The number of rotatable bonds is 7. The van der Waals surface area contributed by atoms with Crippen molar-refractivity contribution in [1.29, 1.82) is 0 Å². The van der Waals surface area contributed by atoms with Crippen molar-refractivity contribution in [2.24, 2.45) is 0 Å². The van der Waals surface area contributed by atoms with E-state index in [-0.39, 0.29) is 22.8 Å². The first-order valence-corrected chi connectivity index (χ1v) is 11.9. The molecule has 0 saturated carbocycles. The van der Waals surface area contributed by atoms with Crippen molar-refractivity contribution in [2.45, 2.75) is 57.1 Å². The molecular weight excluding hydrogens is 426 g/mol. The first kappa shape index (κ1) is 22.7. The van der Waals surface area contributed by atoms with E-state index in [0.29, 0.717) is 26.9 Å². The van der Waals surface area contributed by atoms with Gasteiger partial charge in [-0.05, 0) is 59.2 Å².